The first-order valence-corrected chi connectivity index (χ1v) is 13.1. The molecular weight excluding hydrogens is 523 g/mol. The van der Waals surface area contributed by atoms with Crippen LogP contribution in [0, 0.1) is 0 Å². The Labute approximate surface area is 210 Å². The van der Waals surface area contributed by atoms with Gasteiger partial charge < -0.3 is 9.08 Å². The van der Waals surface area contributed by atoms with E-state index >= 15 is 0 Å². The summed E-state index contributed by atoms with van der Waals surface area (Å²) in [6.07, 6.45) is 3.28. The lowest BCUT2D eigenvalue weighted by molar-refractivity contribution is -0.135. The van der Waals surface area contributed by atoms with E-state index in [2.05, 4.69) is 0 Å². The highest BCUT2D eigenvalue weighted by Crippen LogP contribution is 2.34. The molecule has 2 fully saturated rings. The number of hydrogen-bond acceptors (Lipinski definition) is 7. The molecule has 0 N–H and O–H groups in total. The number of thioether (sulfide) groups is 1. The van der Waals surface area contributed by atoms with Crippen molar-refractivity contribution in [1.29, 1.82) is 0 Å². The van der Waals surface area contributed by atoms with Crippen molar-refractivity contribution in [1.82, 2.24) is 9.80 Å². The summed E-state index contributed by atoms with van der Waals surface area (Å²) in [6, 6.07) is 9.74. The molecular formula is C22H18Cl2N2O6S2. The highest BCUT2D eigenvalue weighted by molar-refractivity contribution is 8.18. The van der Waals surface area contributed by atoms with Crippen LogP contribution in [0.5, 0.6) is 5.75 Å². The summed E-state index contributed by atoms with van der Waals surface area (Å²) in [5.74, 6) is -0.921. The maximum absolute atomic E-state index is 12.7. The molecule has 8 nitrogen and oxygen atoms in total. The molecule has 34 heavy (non-hydrogen) atoms. The maximum Gasteiger partial charge on any atom is 0.339 e. The molecule has 4 rings (SSSR count). The van der Waals surface area contributed by atoms with Crippen LogP contribution in [0.25, 0.3) is 6.08 Å². The largest absolute Gasteiger partial charge is 0.377 e. The van der Waals surface area contributed by atoms with E-state index in [-0.39, 0.29) is 33.0 Å². The Hall–Kier alpha value is -2.53. The van der Waals surface area contributed by atoms with Gasteiger partial charge in [-0.3, -0.25) is 19.3 Å². The Kier molecular flexibility index (Phi) is 7.22. The summed E-state index contributed by atoms with van der Waals surface area (Å²) in [5.41, 5.74) is 0.456. The number of halogens is 2. The number of hydrogen-bond donors (Lipinski definition) is 0. The van der Waals surface area contributed by atoms with Crippen molar-refractivity contribution in [2.45, 2.75) is 17.7 Å². The van der Waals surface area contributed by atoms with E-state index in [4.69, 9.17) is 27.4 Å². The van der Waals surface area contributed by atoms with E-state index < -0.39 is 21.3 Å². The average Bonchev–Trinajstić information content (AvgIpc) is 3.41. The van der Waals surface area contributed by atoms with E-state index in [1.165, 1.54) is 48.5 Å². The van der Waals surface area contributed by atoms with E-state index in [0.717, 1.165) is 29.5 Å². The Morgan fingerprint density at radius 2 is 1.74 bits per heavy atom. The number of rotatable bonds is 6. The minimum Gasteiger partial charge on any atom is -0.377 e. The summed E-state index contributed by atoms with van der Waals surface area (Å²) in [7, 11) is -4.13. The van der Waals surface area contributed by atoms with Crippen LogP contribution in [-0.4, -0.2) is 54.9 Å². The number of likely N-dealkylation sites (tertiary alicyclic amines) is 1. The average molecular weight is 541 g/mol. The van der Waals surface area contributed by atoms with Crippen LogP contribution in [-0.2, 0) is 19.7 Å². The third-order valence-corrected chi connectivity index (χ3v) is 7.88. The van der Waals surface area contributed by atoms with Crippen LogP contribution in [0.4, 0.5) is 4.79 Å². The van der Waals surface area contributed by atoms with Gasteiger partial charge in [0.05, 0.1) is 9.93 Å². The van der Waals surface area contributed by atoms with Crippen LogP contribution >= 0.6 is 35.0 Å². The van der Waals surface area contributed by atoms with E-state index in [9.17, 15) is 22.8 Å². The fraction of sp³-hybridized carbons (Fsp3) is 0.227. The number of imide groups is 1. The van der Waals surface area contributed by atoms with Gasteiger partial charge in [0.1, 0.15) is 11.4 Å². The highest BCUT2D eigenvalue weighted by atomic mass is 35.5. The van der Waals surface area contributed by atoms with Crippen LogP contribution in [0.1, 0.15) is 18.4 Å². The molecule has 0 bridgehead atoms. The minimum absolute atomic E-state index is 0.00488. The normalized spacial score (nSPS) is 17.6. The number of carbonyl (C=O) groups is 3. The van der Waals surface area contributed by atoms with Crippen molar-refractivity contribution in [2.75, 3.05) is 19.6 Å². The number of nitrogens with zero attached hydrogens (tertiary/aromatic N) is 2. The molecule has 0 saturated carbocycles. The SMILES string of the molecule is O=C(CN1C(=O)S/C(=C\c2ccc(OS(=O)(=O)c3ccc(Cl)cc3)c(Cl)c2)C1=O)N1CCCC1. The lowest BCUT2D eigenvalue weighted by Crippen LogP contribution is -2.40. The summed E-state index contributed by atoms with van der Waals surface area (Å²) in [5, 5.41) is -0.148. The molecule has 2 aliphatic rings. The molecule has 0 spiro atoms. The summed E-state index contributed by atoms with van der Waals surface area (Å²) < 4.78 is 30.1. The Morgan fingerprint density at radius 3 is 2.38 bits per heavy atom. The molecule has 2 saturated heterocycles. The highest BCUT2D eigenvalue weighted by Gasteiger charge is 2.37. The Morgan fingerprint density at radius 1 is 1.06 bits per heavy atom. The zero-order valence-corrected chi connectivity index (χ0v) is 20.7. The molecule has 0 unspecified atom stereocenters. The molecule has 0 aromatic heterocycles. The van der Waals surface area contributed by atoms with Crippen molar-refractivity contribution in [3.8, 4) is 5.75 Å². The lowest BCUT2D eigenvalue weighted by atomic mass is 10.2. The topological polar surface area (TPSA) is 101 Å². The van der Waals surface area contributed by atoms with Crippen molar-refractivity contribution in [3.63, 3.8) is 0 Å². The first-order chi connectivity index (χ1) is 16.1. The molecule has 2 heterocycles. The first kappa shape index (κ1) is 24.6. The van der Waals surface area contributed by atoms with Gasteiger partial charge in [0, 0.05) is 18.1 Å². The molecule has 2 aromatic rings. The second-order valence-corrected chi connectivity index (χ2v) is 10.9. The van der Waals surface area contributed by atoms with E-state index in [1.54, 1.807) is 4.90 Å². The van der Waals surface area contributed by atoms with Gasteiger partial charge in [-0.2, -0.15) is 8.42 Å². The monoisotopic (exact) mass is 540 g/mol. The van der Waals surface area contributed by atoms with E-state index in [1.807, 2.05) is 0 Å². The van der Waals surface area contributed by atoms with Gasteiger partial charge in [0.2, 0.25) is 5.91 Å². The fourth-order valence-electron chi connectivity index (χ4n) is 3.43. The maximum atomic E-state index is 12.7. The quantitative estimate of drug-likeness (QED) is 0.394. The molecule has 3 amide bonds. The zero-order chi connectivity index (χ0) is 24.5. The number of amides is 3. The third-order valence-electron chi connectivity index (χ3n) is 5.18. The van der Waals surface area contributed by atoms with Gasteiger partial charge >= 0.3 is 10.1 Å². The molecule has 178 valence electrons. The molecule has 0 aliphatic carbocycles. The number of carbonyl (C=O) groups excluding carboxylic acids is 3. The number of benzene rings is 2. The lowest BCUT2D eigenvalue weighted by Gasteiger charge is -2.18. The smallest absolute Gasteiger partial charge is 0.339 e. The van der Waals surface area contributed by atoms with Gasteiger partial charge in [0.15, 0.2) is 5.75 Å². The van der Waals surface area contributed by atoms with Gasteiger partial charge in [-0.1, -0.05) is 29.3 Å². The van der Waals surface area contributed by atoms with Crippen molar-refractivity contribution in [2.24, 2.45) is 0 Å². The van der Waals surface area contributed by atoms with Crippen LogP contribution < -0.4 is 4.18 Å². The van der Waals surface area contributed by atoms with Gasteiger partial charge in [-0.05, 0) is 72.6 Å². The molecule has 2 aliphatic heterocycles. The molecule has 12 heteroatoms. The van der Waals surface area contributed by atoms with Crippen molar-refractivity contribution >= 4 is 68.2 Å². The van der Waals surface area contributed by atoms with Crippen LogP contribution in [0.2, 0.25) is 10.0 Å². The van der Waals surface area contributed by atoms with Gasteiger partial charge in [-0.25, -0.2) is 0 Å². The third kappa shape index (κ3) is 5.41. The van der Waals surface area contributed by atoms with Gasteiger partial charge in [0.25, 0.3) is 11.1 Å². The van der Waals surface area contributed by atoms with Crippen LogP contribution in [0.3, 0.4) is 0 Å². The standard InChI is InChI=1S/C22H18Cl2N2O6S2/c23-15-4-6-16(7-5-15)34(30,31)32-18-8-3-14(11-17(18)24)12-19-21(28)26(22(29)33-19)13-20(27)25-9-1-2-10-25/h3-8,11-12H,1-2,9-10,13H2/b19-12-. The minimum atomic E-state index is -4.13. The van der Waals surface area contributed by atoms with Gasteiger partial charge in [-0.15, -0.1) is 0 Å². The predicted molar refractivity (Wildman–Crippen MR) is 129 cm³/mol. The zero-order valence-electron chi connectivity index (χ0n) is 17.6. The first-order valence-electron chi connectivity index (χ1n) is 10.2. The molecule has 2 aromatic carbocycles. The van der Waals surface area contributed by atoms with Crippen molar-refractivity contribution < 1.29 is 27.0 Å². The van der Waals surface area contributed by atoms with E-state index in [0.29, 0.717) is 23.7 Å². The van der Waals surface area contributed by atoms with Crippen LogP contribution in [0.15, 0.2) is 52.3 Å². The predicted octanol–water partition coefficient (Wildman–Crippen LogP) is 4.42. The summed E-state index contributed by atoms with van der Waals surface area (Å²) in [6.45, 7) is 0.967. The Bertz CT molecular complexity index is 1290. The summed E-state index contributed by atoms with van der Waals surface area (Å²) >= 11 is 12.7. The summed E-state index contributed by atoms with van der Waals surface area (Å²) in [4.78, 5) is 39.9. The molecule has 0 atom stereocenters. The second-order valence-electron chi connectivity index (χ2n) is 7.54. The van der Waals surface area contributed by atoms with Crippen molar-refractivity contribution in [3.05, 3.63) is 63.0 Å². The second kappa shape index (κ2) is 9.99. The Balaban J connectivity index is 1.47. The fourth-order valence-corrected chi connectivity index (χ4v) is 5.62. The molecule has 0 radical (unpaired) electrons.